The van der Waals surface area contributed by atoms with Crippen LogP contribution in [0.15, 0.2) is 65.6 Å². The van der Waals surface area contributed by atoms with Crippen LogP contribution in [0, 0.1) is 10.1 Å². The summed E-state index contributed by atoms with van der Waals surface area (Å²) in [6.45, 7) is 0.379. The molecule has 2 heterocycles. The molecular formula is C19H12Cl2N4O3. The number of pyridine rings is 1. The number of nitro benzene ring substituents is 1. The third kappa shape index (κ3) is 3.15. The zero-order valence-corrected chi connectivity index (χ0v) is 15.8. The number of fused-ring (bicyclic) bond motifs is 1. The van der Waals surface area contributed by atoms with E-state index in [0.717, 1.165) is 5.56 Å². The molecule has 0 bridgehead atoms. The summed E-state index contributed by atoms with van der Waals surface area (Å²) >= 11 is 12.5. The smallest absolute Gasteiger partial charge is 0.272 e. The van der Waals surface area contributed by atoms with Gasteiger partial charge in [0.2, 0.25) is 0 Å². The highest BCUT2D eigenvalue weighted by Crippen LogP contribution is 2.34. The van der Waals surface area contributed by atoms with Crippen molar-refractivity contribution in [2.24, 2.45) is 0 Å². The van der Waals surface area contributed by atoms with Crippen LogP contribution in [0.5, 0.6) is 0 Å². The van der Waals surface area contributed by atoms with Crippen molar-refractivity contribution in [3.05, 3.63) is 96.9 Å². The molecule has 9 heteroatoms. The summed E-state index contributed by atoms with van der Waals surface area (Å²) in [7, 11) is 0. The van der Waals surface area contributed by atoms with Crippen molar-refractivity contribution < 1.29 is 4.92 Å². The van der Waals surface area contributed by atoms with Gasteiger partial charge in [-0.05, 0) is 11.6 Å². The van der Waals surface area contributed by atoms with E-state index in [1.807, 2.05) is 30.3 Å². The average Bonchev–Trinajstić information content (AvgIpc) is 3.08. The number of rotatable bonds is 4. The Hall–Kier alpha value is -3.16. The van der Waals surface area contributed by atoms with Crippen LogP contribution in [-0.2, 0) is 6.54 Å². The number of nitrogens with zero attached hydrogens (tertiary/aromatic N) is 4. The molecule has 7 nitrogen and oxygen atoms in total. The van der Waals surface area contributed by atoms with Crippen LogP contribution < -0.4 is 5.56 Å². The molecule has 0 saturated carbocycles. The van der Waals surface area contributed by atoms with Gasteiger partial charge in [-0.25, -0.2) is 4.68 Å². The summed E-state index contributed by atoms with van der Waals surface area (Å²) in [6.07, 6.45) is 1.55. The Kier molecular flexibility index (Phi) is 4.62. The fourth-order valence-electron chi connectivity index (χ4n) is 3.04. The number of nitro groups is 1. The molecule has 0 fully saturated rings. The highest BCUT2D eigenvalue weighted by atomic mass is 35.5. The number of aromatic nitrogens is 3. The highest BCUT2D eigenvalue weighted by Gasteiger charge is 2.19. The Morgan fingerprint density at radius 1 is 1.00 bits per heavy atom. The van der Waals surface area contributed by atoms with Crippen molar-refractivity contribution in [3.8, 4) is 5.69 Å². The zero-order valence-electron chi connectivity index (χ0n) is 14.3. The zero-order chi connectivity index (χ0) is 19.8. The quantitative estimate of drug-likeness (QED) is 0.364. The molecule has 0 aliphatic carbocycles. The van der Waals surface area contributed by atoms with Crippen LogP contribution >= 0.6 is 23.2 Å². The molecule has 28 heavy (non-hydrogen) atoms. The minimum Gasteiger partial charge on any atom is -0.301 e. The summed E-state index contributed by atoms with van der Waals surface area (Å²) in [5.74, 6) is 0. The van der Waals surface area contributed by atoms with Gasteiger partial charge in [-0.15, -0.1) is 0 Å². The predicted octanol–water partition coefficient (Wildman–Crippen LogP) is 4.45. The third-order valence-electron chi connectivity index (χ3n) is 4.33. The Morgan fingerprint density at radius 2 is 1.68 bits per heavy atom. The Labute approximate surface area is 168 Å². The number of benzene rings is 2. The normalized spacial score (nSPS) is 11.1. The topological polar surface area (TPSA) is 83.0 Å². The standard InChI is InChI=1S/C19H12Cl2N4O3/c20-14-8-13(25(27)28)9-15(21)19(14)24-16-6-7-18(26)23(17(16)10-22-24)11-12-4-2-1-3-5-12/h1-10H,11H2. The lowest BCUT2D eigenvalue weighted by molar-refractivity contribution is -0.384. The minimum atomic E-state index is -0.569. The molecule has 0 amide bonds. The summed E-state index contributed by atoms with van der Waals surface area (Å²) in [5.41, 5.74) is 2.10. The molecular weight excluding hydrogens is 403 g/mol. The van der Waals surface area contributed by atoms with E-state index in [0.29, 0.717) is 23.3 Å². The second-order valence-electron chi connectivity index (χ2n) is 6.09. The van der Waals surface area contributed by atoms with Gasteiger partial charge in [0.1, 0.15) is 5.69 Å². The van der Waals surface area contributed by atoms with Gasteiger partial charge in [-0.1, -0.05) is 53.5 Å². The second-order valence-corrected chi connectivity index (χ2v) is 6.90. The van der Waals surface area contributed by atoms with Gasteiger partial charge in [-0.2, -0.15) is 5.10 Å². The molecule has 4 aromatic rings. The van der Waals surface area contributed by atoms with Crippen molar-refractivity contribution in [2.75, 3.05) is 0 Å². The van der Waals surface area contributed by atoms with Gasteiger partial charge >= 0.3 is 0 Å². The highest BCUT2D eigenvalue weighted by molar-refractivity contribution is 6.38. The first-order valence-electron chi connectivity index (χ1n) is 8.21. The van der Waals surface area contributed by atoms with Crippen molar-refractivity contribution in [1.29, 1.82) is 0 Å². The van der Waals surface area contributed by atoms with Gasteiger partial charge < -0.3 is 4.57 Å². The summed E-state index contributed by atoms with van der Waals surface area (Å²) in [5, 5.41) is 15.5. The summed E-state index contributed by atoms with van der Waals surface area (Å²) in [6, 6.07) is 15.1. The number of non-ortho nitro benzene ring substituents is 1. The van der Waals surface area contributed by atoms with Crippen LogP contribution in [0.25, 0.3) is 16.7 Å². The van der Waals surface area contributed by atoms with E-state index in [-0.39, 0.29) is 21.3 Å². The fraction of sp³-hybridized carbons (Fsp3) is 0.0526. The van der Waals surface area contributed by atoms with E-state index in [2.05, 4.69) is 5.10 Å². The van der Waals surface area contributed by atoms with Gasteiger partial charge in [0.25, 0.3) is 11.2 Å². The molecule has 0 unspecified atom stereocenters. The van der Waals surface area contributed by atoms with E-state index in [9.17, 15) is 14.9 Å². The van der Waals surface area contributed by atoms with Crippen LogP contribution in [0.2, 0.25) is 10.0 Å². The Balaban J connectivity index is 1.89. The maximum absolute atomic E-state index is 12.4. The molecule has 0 spiro atoms. The van der Waals surface area contributed by atoms with Crippen molar-refractivity contribution >= 4 is 39.9 Å². The minimum absolute atomic E-state index is 0.0880. The molecule has 2 aromatic carbocycles. The van der Waals surface area contributed by atoms with Crippen molar-refractivity contribution in [2.45, 2.75) is 6.54 Å². The van der Waals surface area contributed by atoms with E-state index in [4.69, 9.17) is 23.2 Å². The van der Waals surface area contributed by atoms with E-state index in [1.165, 1.54) is 22.9 Å². The van der Waals surface area contributed by atoms with E-state index >= 15 is 0 Å². The molecule has 140 valence electrons. The summed E-state index contributed by atoms with van der Waals surface area (Å²) in [4.78, 5) is 22.9. The van der Waals surface area contributed by atoms with Crippen LogP contribution in [0.3, 0.4) is 0 Å². The largest absolute Gasteiger partial charge is 0.301 e. The average molecular weight is 415 g/mol. The van der Waals surface area contributed by atoms with Gasteiger partial charge in [-0.3, -0.25) is 14.9 Å². The van der Waals surface area contributed by atoms with Crippen LogP contribution in [0.4, 0.5) is 5.69 Å². The first kappa shape index (κ1) is 18.2. The Bertz CT molecular complexity index is 1240. The first-order valence-corrected chi connectivity index (χ1v) is 8.96. The summed E-state index contributed by atoms with van der Waals surface area (Å²) < 4.78 is 3.08. The fourth-order valence-corrected chi connectivity index (χ4v) is 3.67. The molecule has 0 saturated heterocycles. The number of hydrogen-bond donors (Lipinski definition) is 0. The van der Waals surface area contributed by atoms with Gasteiger partial charge in [0.15, 0.2) is 0 Å². The lowest BCUT2D eigenvalue weighted by Crippen LogP contribution is -2.19. The van der Waals surface area contributed by atoms with E-state index < -0.39 is 4.92 Å². The molecule has 4 rings (SSSR count). The van der Waals surface area contributed by atoms with Crippen LogP contribution in [0.1, 0.15) is 5.56 Å². The molecule has 0 N–H and O–H groups in total. The lowest BCUT2D eigenvalue weighted by atomic mass is 10.2. The molecule has 0 atom stereocenters. The second kappa shape index (κ2) is 7.10. The maximum Gasteiger partial charge on any atom is 0.272 e. The maximum atomic E-state index is 12.4. The van der Waals surface area contributed by atoms with Crippen molar-refractivity contribution in [1.82, 2.24) is 14.3 Å². The number of hydrogen-bond acceptors (Lipinski definition) is 4. The van der Waals surface area contributed by atoms with E-state index in [1.54, 1.807) is 16.8 Å². The first-order chi connectivity index (χ1) is 13.5. The SMILES string of the molecule is O=c1ccc2c(cnn2-c2c(Cl)cc([N+](=O)[O-])cc2Cl)n1Cc1ccccc1. The van der Waals surface area contributed by atoms with Crippen LogP contribution in [-0.4, -0.2) is 19.3 Å². The van der Waals surface area contributed by atoms with Gasteiger partial charge in [0, 0.05) is 18.2 Å². The third-order valence-corrected chi connectivity index (χ3v) is 4.91. The lowest BCUT2D eigenvalue weighted by Gasteiger charge is -2.10. The predicted molar refractivity (Wildman–Crippen MR) is 108 cm³/mol. The molecule has 0 aliphatic heterocycles. The van der Waals surface area contributed by atoms with Crippen molar-refractivity contribution in [3.63, 3.8) is 0 Å². The number of halogens is 2. The monoisotopic (exact) mass is 414 g/mol. The molecule has 0 radical (unpaired) electrons. The molecule has 0 aliphatic rings. The van der Waals surface area contributed by atoms with Gasteiger partial charge in [0.05, 0.1) is 38.7 Å². The Morgan fingerprint density at radius 3 is 2.32 bits per heavy atom. The molecule has 2 aromatic heterocycles.